The van der Waals surface area contributed by atoms with Gasteiger partial charge in [-0.3, -0.25) is 0 Å². The fourth-order valence-electron chi connectivity index (χ4n) is 1.21. The fraction of sp³-hybridized carbons (Fsp3) is 0. The normalized spacial score (nSPS) is 7.53. The van der Waals surface area contributed by atoms with Crippen LogP contribution in [0.15, 0.2) is 60.7 Å². The Kier molecular flexibility index (Phi) is 16.6. The molecule has 0 aliphatic heterocycles. The van der Waals surface area contributed by atoms with Crippen molar-refractivity contribution in [2.24, 2.45) is 0 Å². The van der Waals surface area contributed by atoms with Crippen LogP contribution in [0.1, 0.15) is 0 Å². The van der Waals surface area contributed by atoms with Crippen LogP contribution in [0, 0.1) is 14.9 Å². The van der Waals surface area contributed by atoms with Gasteiger partial charge in [-0.2, -0.15) is 0 Å². The SMILES string of the molecule is [CH3-].[CH3-].[Li+].[Li+].c1cc[c]([Ge][c]2ccccc2)cc1. The number of hydrogen-bond acceptors (Lipinski definition) is 0. The van der Waals surface area contributed by atoms with Crippen LogP contribution in [0.2, 0.25) is 0 Å². The second-order valence-electron chi connectivity index (χ2n) is 2.86. The standard InChI is InChI=1S/C12H10Ge.2CH3.2Li/c1-3-7-11(8-4-1)13-12-9-5-2-6-10-12;;;;/h1-10H;2*1H3;;/q;2*-1;2*+1. The summed E-state index contributed by atoms with van der Waals surface area (Å²) in [5.41, 5.74) is 0. The van der Waals surface area contributed by atoms with Gasteiger partial charge in [0.05, 0.1) is 0 Å². The summed E-state index contributed by atoms with van der Waals surface area (Å²) in [6.45, 7) is 0. The maximum absolute atomic E-state index is 2.22. The molecule has 17 heavy (non-hydrogen) atoms. The fourth-order valence-corrected chi connectivity index (χ4v) is 3.42. The molecule has 0 nitrogen and oxygen atoms in total. The van der Waals surface area contributed by atoms with Crippen molar-refractivity contribution in [3.63, 3.8) is 0 Å². The van der Waals surface area contributed by atoms with E-state index in [1.165, 1.54) is 8.79 Å². The van der Waals surface area contributed by atoms with Crippen molar-refractivity contribution in [2.45, 2.75) is 0 Å². The van der Waals surface area contributed by atoms with Crippen molar-refractivity contribution < 1.29 is 37.7 Å². The van der Waals surface area contributed by atoms with E-state index in [0.717, 1.165) is 0 Å². The average molecular weight is 271 g/mol. The molecule has 0 amide bonds. The minimum atomic E-state index is -0.108. The Morgan fingerprint density at radius 3 is 1.12 bits per heavy atom. The predicted molar refractivity (Wildman–Crippen MR) is 70.7 cm³/mol. The van der Waals surface area contributed by atoms with E-state index >= 15 is 0 Å². The Bertz CT molecular complexity index is 325. The van der Waals surface area contributed by atoms with E-state index in [-0.39, 0.29) is 68.0 Å². The van der Waals surface area contributed by atoms with Gasteiger partial charge in [0.2, 0.25) is 0 Å². The van der Waals surface area contributed by atoms with Gasteiger partial charge in [-0.05, 0) is 0 Å². The van der Waals surface area contributed by atoms with Crippen LogP contribution in [-0.4, -0.2) is 15.4 Å². The zero-order valence-electron chi connectivity index (χ0n) is 11.3. The Labute approximate surface area is 136 Å². The molecule has 0 aliphatic carbocycles. The molecule has 3 heteroatoms. The summed E-state index contributed by atoms with van der Waals surface area (Å²) >= 11 is -0.108. The van der Waals surface area contributed by atoms with E-state index in [2.05, 4.69) is 60.7 Å². The first kappa shape index (κ1) is 22.4. The first-order valence-corrected chi connectivity index (χ1v) is 6.42. The van der Waals surface area contributed by atoms with Gasteiger partial charge in [0.15, 0.2) is 0 Å². The summed E-state index contributed by atoms with van der Waals surface area (Å²) in [7, 11) is 0. The van der Waals surface area contributed by atoms with E-state index in [9.17, 15) is 0 Å². The Hall–Kier alpha value is 0.178. The van der Waals surface area contributed by atoms with Gasteiger partial charge in [-0.15, -0.1) is 0 Å². The zero-order chi connectivity index (χ0) is 8.93. The van der Waals surface area contributed by atoms with Gasteiger partial charge in [-0.25, -0.2) is 0 Å². The molecule has 0 aliphatic rings. The predicted octanol–water partition coefficient (Wildman–Crippen LogP) is -3.75. The molecule has 78 valence electrons. The molecule has 0 N–H and O–H groups in total. The Balaban J connectivity index is -0.000000490. The van der Waals surface area contributed by atoms with Crippen LogP contribution in [0.25, 0.3) is 0 Å². The molecule has 0 saturated carbocycles. The second kappa shape index (κ2) is 12.6. The molecule has 0 aromatic heterocycles. The van der Waals surface area contributed by atoms with Crippen molar-refractivity contribution in [1.29, 1.82) is 0 Å². The first-order chi connectivity index (χ1) is 6.45. The molecule has 0 saturated heterocycles. The van der Waals surface area contributed by atoms with Crippen LogP contribution in [-0.2, 0) is 0 Å². The molecule has 2 aromatic carbocycles. The van der Waals surface area contributed by atoms with Gasteiger partial charge < -0.3 is 14.9 Å². The summed E-state index contributed by atoms with van der Waals surface area (Å²) in [5.74, 6) is 0. The van der Waals surface area contributed by atoms with E-state index in [0.29, 0.717) is 0 Å². The van der Waals surface area contributed by atoms with Crippen molar-refractivity contribution in [2.75, 3.05) is 0 Å². The molecule has 2 rings (SSSR count). The minimum absolute atomic E-state index is 0. The number of rotatable bonds is 2. The molecular formula is C14H16GeLi2. The summed E-state index contributed by atoms with van der Waals surface area (Å²) in [4.78, 5) is 0. The summed E-state index contributed by atoms with van der Waals surface area (Å²) in [5, 5.41) is 0. The van der Waals surface area contributed by atoms with Crippen molar-refractivity contribution in [1.82, 2.24) is 0 Å². The second-order valence-corrected chi connectivity index (χ2v) is 5.80. The van der Waals surface area contributed by atoms with E-state index in [1.54, 1.807) is 0 Å². The van der Waals surface area contributed by atoms with Crippen LogP contribution in [0.3, 0.4) is 0 Å². The van der Waals surface area contributed by atoms with Crippen molar-refractivity contribution in [3.8, 4) is 0 Å². The molecule has 0 heterocycles. The van der Waals surface area contributed by atoms with E-state index < -0.39 is 0 Å². The van der Waals surface area contributed by atoms with E-state index in [4.69, 9.17) is 0 Å². The maximum atomic E-state index is 2.22. The van der Waals surface area contributed by atoms with Gasteiger partial charge in [-0.1, -0.05) is 0 Å². The quantitative estimate of drug-likeness (QED) is 0.389. The van der Waals surface area contributed by atoms with E-state index in [1.807, 2.05) is 0 Å². The molecule has 0 unspecified atom stereocenters. The first-order valence-electron chi connectivity index (χ1n) is 4.32. The number of hydrogen-bond donors (Lipinski definition) is 0. The zero-order valence-corrected chi connectivity index (χ0v) is 13.4. The third-order valence-electron chi connectivity index (χ3n) is 1.84. The van der Waals surface area contributed by atoms with Gasteiger partial charge in [0.1, 0.15) is 0 Å². The topological polar surface area (TPSA) is 0 Å². The monoisotopic (exact) mass is 272 g/mol. The summed E-state index contributed by atoms with van der Waals surface area (Å²) < 4.78 is 2.99. The Morgan fingerprint density at radius 1 is 0.529 bits per heavy atom. The molecule has 2 aromatic rings. The van der Waals surface area contributed by atoms with Crippen LogP contribution < -0.4 is 46.5 Å². The third kappa shape index (κ3) is 7.99. The van der Waals surface area contributed by atoms with Crippen molar-refractivity contribution in [3.05, 3.63) is 75.5 Å². The molecular weight excluding hydrogens is 255 g/mol. The van der Waals surface area contributed by atoms with Gasteiger partial charge in [0, 0.05) is 0 Å². The summed E-state index contributed by atoms with van der Waals surface area (Å²) in [6.07, 6.45) is 0. The molecule has 0 spiro atoms. The molecule has 0 atom stereocenters. The van der Waals surface area contributed by atoms with Crippen molar-refractivity contribution >= 4 is 24.2 Å². The third-order valence-corrected chi connectivity index (χ3v) is 4.45. The van der Waals surface area contributed by atoms with Gasteiger partial charge >= 0.3 is 123 Å². The van der Waals surface area contributed by atoms with Crippen LogP contribution in [0.5, 0.6) is 0 Å². The molecule has 2 radical (unpaired) electrons. The molecule has 0 bridgehead atoms. The Morgan fingerprint density at radius 2 is 0.824 bits per heavy atom. The molecule has 0 fully saturated rings. The number of benzene rings is 2. The van der Waals surface area contributed by atoms with Crippen LogP contribution in [0.4, 0.5) is 0 Å². The van der Waals surface area contributed by atoms with Gasteiger partial charge in [0.25, 0.3) is 0 Å². The average Bonchev–Trinajstić information content (AvgIpc) is 2.21. The van der Waals surface area contributed by atoms with Crippen LogP contribution >= 0.6 is 0 Å². The summed E-state index contributed by atoms with van der Waals surface area (Å²) in [6, 6.07) is 21.5.